The summed E-state index contributed by atoms with van der Waals surface area (Å²) in [5, 5.41) is 3.83. The molecule has 2 rings (SSSR count). The first-order valence-corrected chi connectivity index (χ1v) is 8.80. The molecule has 0 amide bonds. The standard InChI is InChI=1S/C10H11Cl2N3O2S2/c1-2-19(16,17)4-3-13-8-6(11)5-7(12)9-10(8)15-18-14-9/h5,13H,2-4H2,1H3. The molecule has 0 atom stereocenters. The van der Waals surface area contributed by atoms with Gasteiger partial charge in [-0.15, -0.1) is 0 Å². The number of hydrogen-bond donors (Lipinski definition) is 1. The van der Waals surface area contributed by atoms with Crippen molar-refractivity contribution in [2.45, 2.75) is 6.92 Å². The SMILES string of the molecule is CCS(=O)(=O)CCNc1c(Cl)cc(Cl)c2nsnc12. The molecule has 104 valence electrons. The van der Waals surface area contributed by atoms with Gasteiger partial charge in [0.25, 0.3) is 0 Å². The lowest BCUT2D eigenvalue weighted by atomic mass is 10.2. The Morgan fingerprint density at radius 2 is 1.95 bits per heavy atom. The molecule has 0 unspecified atom stereocenters. The Labute approximate surface area is 125 Å². The first kappa shape index (κ1) is 14.8. The van der Waals surface area contributed by atoms with E-state index in [1.807, 2.05) is 0 Å². The Hall–Kier alpha value is -0.630. The summed E-state index contributed by atoms with van der Waals surface area (Å²) in [6, 6.07) is 1.57. The molecular formula is C10H11Cl2N3O2S2. The topological polar surface area (TPSA) is 72.0 Å². The summed E-state index contributed by atoms with van der Waals surface area (Å²) in [6.07, 6.45) is 0. The molecule has 1 heterocycles. The molecule has 0 bridgehead atoms. The zero-order valence-corrected chi connectivity index (χ0v) is 13.1. The first-order valence-electron chi connectivity index (χ1n) is 5.49. The number of benzene rings is 1. The molecule has 0 radical (unpaired) electrons. The van der Waals surface area contributed by atoms with Crippen LogP contribution in [0.3, 0.4) is 0 Å². The minimum absolute atomic E-state index is 0.0432. The lowest BCUT2D eigenvalue weighted by Gasteiger charge is -2.09. The van der Waals surface area contributed by atoms with Gasteiger partial charge in [0.1, 0.15) is 11.0 Å². The van der Waals surface area contributed by atoms with Crippen molar-refractivity contribution in [2.24, 2.45) is 0 Å². The van der Waals surface area contributed by atoms with Gasteiger partial charge in [-0.3, -0.25) is 0 Å². The minimum Gasteiger partial charge on any atom is -0.381 e. The normalized spacial score (nSPS) is 11.9. The monoisotopic (exact) mass is 339 g/mol. The molecule has 1 aromatic heterocycles. The van der Waals surface area contributed by atoms with Gasteiger partial charge in [-0.2, -0.15) is 8.75 Å². The fourth-order valence-corrected chi connectivity index (χ4v) is 3.40. The summed E-state index contributed by atoms with van der Waals surface area (Å²) < 4.78 is 31.0. The van der Waals surface area contributed by atoms with Crippen molar-refractivity contribution < 1.29 is 8.42 Å². The second-order valence-corrected chi connectivity index (χ2v) is 7.66. The largest absolute Gasteiger partial charge is 0.381 e. The van der Waals surface area contributed by atoms with Gasteiger partial charge in [0.15, 0.2) is 9.84 Å². The fourth-order valence-electron chi connectivity index (χ4n) is 1.52. The van der Waals surface area contributed by atoms with E-state index >= 15 is 0 Å². The molecule has 1 aromatic carbocycles. The maximum absolute atomic E-state index is 11.4. The van der Waals surface area contributed by atoms with Gasteiger partial charge in [0.2, 0.25) is 0 Å². The Morgan fingerprint density at radius 3 is 2.63 bits per heavy atom. The van der Waals surface area contributed by atoms with E-state index in [9.17, 15) is 8.42 Å². The Kier molecular flexibility index (Phi) is 4.50. The maximum atomic E-state index is 11.4. The van der Waals surface area contributed by atoms with Crippen LogP contribution in [0.15, 0.2) is 6.07 Å². The van der Waals surface area contributed by atoms with E-state index in [4.69, 9.17) is 23.2 Å². The summed E-state index contributed by atoms with van der Waals surface area (Å²) in [5.74, 6) is 0.165. The minimum atomic E-state index is -3.02. The second-order valence-electron chi connectivity index (χ2n) is 3.84. The number of anilines is 1. The highest BCUT2D eigenvalue weighted by Crippen LogP contribution is 2.34. The smallest absolute Gasteiger partial charge is 0.151 e. The van der Waals surface area contributed by atoms with E-state index in [0.29, 0.717) is 26.8 Å². The van der Waals surface area contributed by atoms with Gasteiger partial charge in [-0.25, -0.2) is 8.42 Å². The fraction of sp³-hybridized carbons (Fsp3) is 0.400. The number of nitrogens with zero attached hydrogens (tertiary/aromatic N) is 2. The lowest BCUT2D eigenvalue weighted by Crippen LogP contribution is -2.17. The number of sulfone groups is 1. The maximum Gasteiger partial charge on any atom is 0.151 e. The highest BCUT2D eigenvalue weighted by molar-refractivity contribution is 7.91. The van der Waals surface area contributed by atoms with Crippen molar-refractivity contribution >= 4 is 61.5 Å². The van der Waals surface area contributed by atoms with Crippen LogP contribution in [-0.4, -0.2) is 35.2 Å². The van der Waals surface area contributed by atoms with Crippen molar-refractivity contribution in [2.75, 3.05) is 23.4 Å². The molecule has 2 aromatic rings. The summed E-state index contributed by atoms with van der Waals surface area (Å²) in [4.78, 5) is 0. The third-order valence-electron chi connectivity index (χ3n) is 2.60. The summed E-state index contributed by atoms with van der Waals surface area (Å²) in [6.45, 7) is 1.89. The molecule has 0 saturated heterocycles. The number of fused-ring (bicyclic) bond motifs is 1. The third-order valence-corrected chi connectivity index (χ3v) is 5.42. The zero-order valence-electron chi connectivity index (χ0n) is 9.98. The predicted molar refractivity (Wildman–Crippen MR) is 80.3 cm³/mol. The van der Waals surface area contributed by atoms with Crippen LogP contribution in [0.5, 0.6) is 0 Å². The summed E-state index contributed by atoms with van der Waals surface area (Å²) in [5.41, 5.74) is 1.70. The van der Waals surface area contributed by atoms with E-state index < -0.39 is 9.84 Å². The molecule has 1 N–H and O–H groups in total. The highest BCUT2D eigenvalue weighted by atomic mass is 35.5. The lowest BCUT2D eigenvalue weighted by molar-refractivity contribution is 0.597. The average molecular weight is 340 g/mol. The van der Waals surface area contributed by atoms with Crippen LogP contribution in [0.25, 0.3) is 11.0 Å². The van der Waals surface area contributed by atoms with Gasteiger partial charge < -0.3 is 5.32 Å². The molecule has 9 heteroatoms. The number of aromatic nitrogens is 2. The molecule has 0 fully saturated rings. The molecule has 0 spiro atoms. The van der Waals surface area contributed by atoms with E-state index in [1.54, 1.807) is 13.0 Å². The molecule has 0 saturated carbocycles. The summed E-state index contributed by atoms with van der Waals surface area (Å²) in [7, 11) is -3.02. The van der Waals surface area contributed by atoms with Crippen LogP contribution >= 0.6 is 34.9 Å². The van der Waals surface area contributed by atoms with E-state index in [0.717, 1.165) is 11.7 Å². The second kappa shape index (κ2) is 5.78. The number of rotatable bonds is 5. The van der Waals surface area contributed by atoms with Crippen molar-refractivity contribution in [1.82, 2.24) is 8.75 Å². The molecule has 5 nitrogen and oxygen atoms in total. The number of nitrogens with one attached hydrogen (secondary N) is 1. The average Bonchev–Trinajstić information content (AvgIpc) is 2.83. The van der Waals surface area contributed by atoms with Crippen LogP contribution in [0.1, 0.15) is 6.92 Å². The van der Waals surface area contributed by atoms with E-state index in [1.165, 1.54) is 0 Å². The van der Waals surface area contributed by atoms with Crippen LogP contribution < -0.4 is 5.32 Å². The summed E-state index contributed by atoms with van der Waals surface area (Å²) >= 11 is 13.1. The van der Waals surface area contributed by atoms with Crippen LogP contribution in [0.2, 0.25) is 10.0 Å². The molecule has 0 aliphatic carbocycles. The van der Waals surface area contributed by atoms with Gasteiger partial charge >= 0.3 is 0 Å². The third kappa shape index (κ3) is 3.28. The van der Waals surface area contributed by atoms with Gasteiger partial charge in [-0.05, 0) is 6.07 Å². The van der Waals surface area contributed by atoms with Gasteiger partial charge in [-0.1, -0.05) is 30.1 Å². The van der Waals surface area contributed by atoms with Crippen molar-refractivity contribution in [3.05, 3.63) is 16.1 Å². The highest BCUT2D eigenvalue weighted by Gasteiger charge is 2.14. The van der Waals surface area contributed by atoms with Crippen LogP contribution in [0, 0.1) is 0 Å². The Balaban J connectivity index is 2.24. The number of hydrogen-bond acceptors (Lipinski definition) is 6. The van der Waals surface area contributed by atoms with Crippen LogP contribution in [-0.2, 0) is 9.84 Å². The predicted octanol–water partition coefficient (Wildman–Crippen LogP) is 2.84. The molecule has 19 heavy (non-hydrogen) atoms. The van der Waals surface area contributed by atoms with Crippen molar-refractivity contribution in [3.8, 4) is 0 Å². The van der Waals surface area contributed by atoms with Gasteiger partial charge in [0.05, 0.1) is 33.2 Å². The molecule has 0 aliphatic rings. The van der Waals surface area contributed by atoms with Crippen molar-refractivity contribution in [3.63, 3.8) is 0 Å². The van der Waals surface area contributed by atoms with Crippen molar-refractivity contribution in [1.29, 1.82) is 0 Å². The van der Waals surface area contributed by atoms with E-state index in [-0.39, 0.29) is 18.1 Å². The zero-order chi connectivity index (χ0) is 14.0. The van der Waals surface area contributed by atoms with Gasteiger partial charge in [0, 0.05) is 12.3 Å². The number of halogens is 2. The first-order chi connectivity index (χ1) is 8.94. The quantitative estimate of drug-likeness (QED) is 0.906. The van der Waals surface area contributed by atoms with Crippen LogP contribution in [0.4, 0.5) is 5.69 Å². The Bertz CT molecular complexity index is 700. The van der Waals surface area contributed by atoms with E-state index in [2.05, 4.69) is 14.1 Å². The Morgan fingerprint density at radius 1 is 1.26 bits per heavy atom. The molecular weight excluding hydrogens is 329 g/mol. The molecule has 0 aliphatic heterocycles.